The number of rotatable bonds is 8. The Morgan fingerprint density at radius 3 is 2.43 bits per heavy atom. The number of Topliss-reactive ketones (excluding diaryl/α,β-unsaturated/α-hetero) is 1. The Bertz CT molecular complexity index is 951. The molecule has 2 aromatic carbocycles. The summed E-state index contributed by atoms with van der Waals surface area (Å²) in [7, 11) is 1.62. The van der Waals surface area contributed by atoms with Crippen LogP contribution in [-0.4, -0.2) is 23.8 Å². The van der Waals surface area contributed by atoms with Crippen LogP contribution >= 0.6 is 22.9 Å². The van der Waals surface area contributed by atoms with Gasteiger partial charge in [-0.3, -0.25) is 9.59 Å². The van der Waals surface area contributed by atoms with Crippen LogP contribution in [0, 0.1) is 0 Å². The number of thiazole rings is 1. The van der Waals surface area contributed by atoms with Crippen molar-refractivity contribution in [2.75, 3.05) is 7.11 Å². The fourth-order valence-corrected chi connectivity index (χ4v) is 3.40. The van der Waals surface area contributed by atoms with Crippen LogP contribution in [0.3, 0.4) is 0 Å². The Balaban J connectivity index is 1.47. The molecule has 1 heterocycles. The number of aromatic nitrogens is 1. The Morgan fingerprint density at radius 1 is 1.04 bits per heavy atom. The van der Waals surface area contributed by atoms with E-state index in [1.165, 1.54) is 11.3 Å². The van der Waals surface area contributed by atoms with E-state index in [2.05, 4.69) is 4.98 Å². The highest BCUT2D eigenvalue weighted by Crippen LogP contribution is 2.26. The molecule has 0 saturated carbocycles. The molecular formula is C21H18ClNO4S. The second kappa shape index (κ2) is 9.48. The van der Waals surface area contributed by atoms with Gasteiger partial charge < -0.3 is 9.47 Å². The quantitative estimate of drug-likeness (QED) is 0.374. The molecule has 0 bridgehead atoms. The molecule has 0 N–H and O–H groups in total. The first kappa shape index (κ1) is 20.0. The number of methoxy groups -OCH3 is 1. The van der Waals surface area contributed by atoms with Gasteiger partial charge in [0.25, 0.3) is 0 Å². The first-order valence-corrected chi connectivity index (χ1v) is 9.84. The van der Waals surface area contributed by atoms with Crippen LogP contribution in [0.4, 0.5) is 0 Å². The lowest BCUT2D eigenvalue weighted by molar-refractivity contribution is -0.145. The Hall–Kier alpha value is -2.70. The predicted octanol–water partition coefficient (Wildman–Crippen LogP) is 5.18. The summed E-state index contributed by atoms with van der Waals surface area (Å²) in [4.78, 5) is 28.5. The van der Waals surface area contributed by atoms with E-state index in [9.17, 15) is 9.59 Å². The van der Waals surface area contributed by atoms with E-state index >= 15 is 0 Å². The molecule has 3 rings (SSSR count). The van der Waals surface area contributed by atoms with Crippen LogP contribution in [0.1, 0.15) is 28.9 Å². The third-order valence-corrected chi connectivity index (χ3v) is 5.18. The van der Waals surface area contributed by atoms with Crippen LogP contribution in [0.2, 0.25) is 5.02 Å². The number of hydrogen-bond acceptors (Lipinski definition) is 6. The van der Waals surface area contributed by atoms with Crippen molar-refractivity contribution < 1.29 is 19.1 Å². The van der Waals surface area contributed by atoms with Crippen molar-refractivity contribution in [3.63, 3.8) is 0 Å². The van der Waals surface area contributed by atoms with Crippen LogP contribution < -0.4 is 4.74 Å². The van der Waals surface area contributed by atoms with Crippen molar-refractivity contribution in [3.8, 4) is 16.3 Å². The number of ketones is 1. The zero-order valence-corrected chi connectivity index (χ0v) is 16.8. The molecule has 0 amide bonds. The summed E-state index contributed by atoms with van der Waals surface area (Å²) in [5.41, 5.74) is 2.17. The van der Waals surface area contributed by atoms with Gasteiger partial charge in [0, 0.05) is 28.0 Å². The molecule has 1 aromatic heterocycles. The summed E-state index contributed by atoms with van der Waals surface area (Å²) >= 11 is 7.28. The van der Waals surface area contributed by atoms with E-state index in [1.807, 2.05) is 29.6 Å². The second-order valence-electron chi connectivity index (χ2n) is 5.96. The molecule has 3 aromatic rings. The predicted molar refractivity (Wildman–Crippen MR) is 109 cm³/mol. The van der Waals surface area contributed by atoms with E-state index in [1.54, 1.807) is 31.4 Å². The minimum atomic E-state index is -0.429. The summed E-state index contributed by atoms with van der Waals surface area (Å²) in [6.45, 7) is 0.0840. The summed E-state index contributed by atoms with van der Waals surface area (Å²) in [5.74, 6) is 0.230. The number of esters is 1. The van der Waals surface area contributed by atoms with E-state index in [-0.39, 0.29) is 25.2 Å². The summed E-state index contributed by atoms with van der Waals surface area (Å²) < 4.78 is 10.4. The highest BCUT2D eigenvalue weighted by atomic mass is 35.5. The van der Waals surface area contributed by atoms with Gasteiger partial charge >= 0.3 is 5.97 Å². The van der Waals surface area contributed by atoms with Crippen LogP contribution in [0.25, 0.3) is 10.6 Å². The number of carbonyl (C=O) groups excluding carboxylic acids is 2. The number of halogens is 1. The van der Waals surface area contributed by atoms with Gasteiger partial charge in [-0.2, -0.15) is 0 Å². The Kier molecular flexibility index (Phi) is 6.79. The normalized spacial score (nSPS) is 10.5. The summed E-state index contributed by atoms with van der Waals surface area (Å²) in [5, 5.41) is 3.26. The first-order valence-electron chi connectivity index (χ1n) is 8.58. The average molecular weight is 416 g/mol. The van der Waals surface area contributed by atoms with Crippen molar-refractivity contribution in [1.29, 1.82) is 0 Å². The molecule has 0 aliphatic carbocycles. The SMILES string of the molecule is COc1ccc(-c2nc(COC(=O)CCC(=O)c3ccc(Cl)cc3)cs2)cc1. The number of nitrogens with zero attached hydrogens (tertiary/aromatic N) is 1. The zero-order valence-electron chi connectivity index (χ0n) is 15.2. The fourth-order valence-electron chi connectivity index (χ4n) is 2.46. The zero-order chi connectivity index (χ0) is 19.9. The van der Waals surface area contributed by atoms with Gasteiger partial charge in [0.15, 0.2) is 5.78 Å². The van der Waals surface area contributed by atoms with Gasteiger partial charge in [0.2, 0.25) is 0 Å². The third kappa shape index (κ3) is 5.41. The van der Waals surface area contributed by atoms with Crippen molar-refractivity contribution in [2.24, 2.45) is 0 Å². The minimum absolute atomic E-state index is 0.0247. The summed E-state index contributed by atoms with van der Waals surface area (Å²) in [6, 6.07) is 14.2. The molecule has 0 aliphatic rings. The van der Waals surface area contributed by atoms with E-state index in [0.29, 0.717) is 16.3 Å². The number of benzene rings is 2. The highest BCUT2D eigenvalue weighted by molar-refractivity contribution is 7.13. The molecule has 0 radical (unpaired) electrons. The first-order chi connectivity index (χ1) is 13.5. The van der Waals surface area contributed by atoms with E-state index in [0.717, 1.165) is 16.3 Å². The minimum Gasteiger partial charge on any atom is -0.497 e. The third-order valence-electron chi connectivity index (χ3n) is 3.99. The van der Waals surface area contributed by atoms with Crippen molar-refractivity contribution in [2.45, 2.75) is 19.4 Å². The van der Waals surface area contributed by atoms with Crippen LogP contribution in [0.15, 0.2) is 53.9 Å². The second-order valence-corrected chi connectivity index (χ2v) is 7.26. The van der Waals surface area contributed by atoms with Crippen LogP contribution in [-0.2, 0) is 16.1 Å². The lowest BCUT2D eigenvalue weighted by atomic mass is 10.1. The standard InChI is InChI=1S/C21H18ClNO4S/c1-26-18-8-4-15(5-9-18)21-23-17(13-28-21)12-27-20(25)11-10-19(24)14-2-6-16(22)7-3-14/h2-9,13H,10-12H2,1H3. The van der Waals surface area contributed by atoms with Crippen molar-refractivity contribution in [3.05, 3.63) is 70.2 Å². The fraction of sp³-hybridized carbons (Fsp3) is 0.190. The maximum absolute atomic E-state index is 12.1. The molecule has 0 spiro atoms. The van der Waals surface area contributed by atoms with Crippen LogP contribution in [0.5, 0.6) is 5.75 Å². The lowest BCUT2D eigenvalue weighted by Crippen LogP contribution is -2.08. The van der Waals surface area contributed by atoms with Gasteiger partial charge in [-0.25, -0.2) is 4.98 Å². The molecule has 7 heteroatoms. The molecule has 0 saturated heterocycles. The van der Waals surface area contributed by atoms with Gasteiger partial charge in [-0.15, -0.1) is 11.3 Å². The van der Waals surface area contributed by atoms with Crippen molar-refractivity contribution in [1.82, 2.24) is 4.98 Å². The number of ether oxygens (including phenoxy) is 2. The average Bonchev–Trinajstić information content (AvgIpc) is 3.20. The molecule has 144 valence electrons. The van der Waals surface area contributed by atoms with Gasteiger partial charge in [0.05, 0.1) is 19.2 Å². The van der Waals surface area contributed by atoms with Gasteiger partial charge in [0.1, 0.15) is 17.4 Å². The number of hydrogen-bond donors (Lipinski definition) is 0. The van der Waals surface area contributed by atoms with E-state index < -0.39 is 5.97 Å². The topological polar surface area (TPSA) is 65.5 Å². The number of carbonyl (C=O) groups is 2. The molecular weight excluding hydrogens is 398 g/mol. The molecule has 0 unspecified atom stereocenters. The smallest absolute Gasteiger partial charge is 0.306 e. The summed E-state index contributed by atoms with van der Waals surface area (Å²) in [6.07, 6.45) is 0.117. The van der Waals surface area contributed by atoms with Gasteiger partial charge in [-0.05, 0) is 48.5 Å². The monoisotopic (exact) mass is 415 g/mol. The molecule has 0 fully saturated rings. The Morgan fingerprint density at radius 2 is 1.75 bits per heavy atom. The maximum Gasteiger partial charge on any atom is 0.306 e. The van der Waals surface area contributed by atoms with Crippen molar-refractivity contribution >= 4 is 34.7 Å². The lowest BCUT2D eigenvalue weighted by Gasteiger charge is -2.03. The van der Waals surface area contributed by atoms with Gasteiger partial charge in [-0.1, -0.05) is 11.6 Å². The molecule has 0 atom stereocenters. The van der Waals surface area contributed by atoms with E-state index in [4.69, 9.17) is 21.1 Å². The molecule has 0 aliphatic heterocycles. The Labute approximate surface area is 171 Å². The molecule has 5 nitrogen and oxygen atoms in total. The highest BCUT2D eigenvalue weighted by Gasteiger charge is 2.12. The largest absolute Gasteiger partial charge is 0.497 e. The maximum atomic E-state index is 12.1. The molecule has 28 heavy (non-hydrogen) atoms.